The van der Waals surface area contributed by atoms with Gasteiger partial charge in [0, 0.05) is 38.8 Å². The Bertz CT molecular complexity index is 1370. The fourth-order valence-corrected chi connectivity index (χ4v) is 5.95. The van der Waals surface area contributed by atoms with Crippen molar-refractivity contribution in [3.05, 3.63) is 59.7 Å². The molecule has 11 nitrogen and oxygen atoms in total. The lowest BCUT2D eigenvalue weighted by Gasteiger charge is -2.31. The number of nitrogens with zero attached hydrogens (tertiary/aromatic N) is 1. The van der Waals surface area contributed by atoms with E-state index in [9.17, 15) is 19.2 Å². The van der Waals surface area contributed by atoms with Crippen molar-refractivity contribution in [1.82, 2.24) is 20.9 Å². The average Bonchev–Trinajstić information content (AvgIpc) is 3.76. The molecule has 1 saturated carbocycles. The van der Waals surface area contributed by atoms with Crippen LogP contribution in [0.3, 0.4) is 0 Å². The van der Waals surface area contributed by atoms with Gasteiger partial charge in [0.15, 0.2) is 6.29 Å². The Hall–Kier alpha value is -3.96. The van der Waals surface area contributed by atoms with Crippen LogP contribution in [0.2, 0.25) is 0 Å². The highest BCUT2D eigenvalue weighted by molar-refractivity contribution is 5.94. The first-order valence-corrected chi connectivity index (χ1v) is 15.7. The molecule has 3 atom stereocenters. The maximum absolute atomic E-state index is 14.0. The molecule has 4 aliphatic rings. The van der Waals surface area contributed by atoms with E-state index < -0.39 is 36.2 Å². The summed E-state index contributed by atoms with van der Waals surface area (Å²) in [5, 5.41) is 8.81. The van der Waals surface area contributed by atoms with Gasteiger partial charge >= 0.3 is 0 Å². The highest BCUT2D eigenvalue weighted by atomic mass is 16.7. The van der Waals surface area contributed by atoms with E-state index in [4.69, 9.17) is 14.2 Å². The molecule has 11 heteroatoms. The Morgan fingerprint density at radius 3 is 2.25 bits per heavy atom. The van der Waals surface area contributed by atoms with Crippen molar-refractivity contribution in [2.24, 2.45) is 5.92 Å². The molecule has 6 rings (SSSR count). The molecule has 2 saturated heterocycles. The van der Waals surface area contributed by atoms with Crippen molar-refractivity contribution < 1.29 is 33.4 Å². The number of benzene rings is 2. The molecule has 4 amide bonds. The summed E-state index contributed by atoms with van der Waals surface area (Å²) >= 11 is 0. The number of ether oxygens (including phenoxy) is 3. The summed E-state index contributed by atoms with van der Waals surface area (Å²) < 4.78 is 17.7. The van der Waals surface area contributed by atoms with Crippen LogP contribution in [0.4, 0.5) is 0 Å². The summed E-state index contributed by atoms with van der Waals surface area (Å²) in [6.45, 7) is 1.98. The lowest BCUT2D eigenvalue weighted by molar-refractivity contribution is -0.185. The number of carbonyl (C=O) groups is 4. The highest BCUT2D eigenvalue weighted by Crippen LogP contribution is 2.28. The number of hydrogen-bond donors (Lipinski definition) is 3. The molecule has 234 valence electrons. The molecule has 44 heavy (non-hydrogen) atoms. The molecule has 2 aromatic carbocycles. The second-order valence-electron chi connectivity index (χ2n) is 12.1. The first-order valence-electron chi connectivity index (χ1n) is 15.7. The van der Waals surface area contributed by atoms with Crippen LogP contribution in [0.1, 0.15) is 49.7 Å². The minimum absolute atomic E-state index is 0.0630. The van der Waals surface area contributed by atoms with Gasteiger partial charge in [-0.1, -0.05) is 24.3 Å². The Kier molecular flexibility index (Phi) is 9.42. The zero-order valence-corrected chi connectivity index (χ0v) is 24.8. The fraction of sp³-hybridized carbons (Fsp3) is 0.515. The van der Waals surface area contributed by atoms with Crippen LogP contribution in [-0.2, 0) is 41.5 Å². The molecule has 3 fully saturated rings. The van der Waals surface area contributed by atoms with Gasteiger partial charge in [-0.25, -0.2) is 0 Å². The van der Waals surface area contributed by atoms with Crippen LogP contribution in [-0.4, -0.2) is 79.2 Å². The number of amides is 4. The van der Waals surface area contributed by atoms with Gasteiger partial charge in [0.25, 0.3) is 0 Å². The van der Waals surface area contributed by atoms with Crippen molar-refractivity contribution in [2.75, 3.05) is 26.3 Å². The fourth-order valence-electron chi connectivity index (χ4n) is 5.95. The molecule has 0 aromatic heterocycles. The minimum atomic E-state index is -1.06. The smallest absolute Gasteiger partial charge is 0.243 e. The molecule has 1 aliphatic carbocycles. The highest BCUT2D eigenvalue weighted by Gasteiger charge is 2.37. The van der Waals surface area contributed by atoms with Gasteiger partial charge in [-0.3, -0.25) is 19.2 Å². The van der Waals surface area contributed by atoms with Gasteiger partial charge in [-0.2, -0.15) is 0 Å². The zero-order chi connectivity index (χ0) is 30.5. The second kappa shape index (κ2) is 13.8. The summed E-state index contributed by atoms with van der Waals surface area (Å²) in [4.78, 5) is 55.8. The molecule has 0 radical (unpaired) electrons. The largest absolute Gasteiger partial charge is 0.457 e. The monoisotopic (exact) mass is 604 g/mol. The standard InChI is InChI=1S/C33H40N4O7/c38-29-9-3-12-37(29)28-18-23-6-2-8-25(16-23)44-24-7-1-5-22(15-24)17-26(31(39)34-20-21-10-11-21)35-32(40)27(36-33(28)41)19-30-42-13-4-14-43-30/h1-2,5-8,15-16,21,26-28,30H,3-4,9-14,17-20H2,(H,34,39)(H,35,40)(H,36,41)/t26-,27-,28?/m0/s1. The van der Waals surface area contributed by atoms with Gasteiger partial charge in [0.05, 0.1) is 13.2 Å². The lowest BCUT2D eigenvalue weighted by atomic mass is 10.0. The van der Waals surface area contributed by atoms with Crippen LogP contribution in [0, 0.1) is 5.92 Å². The quantitative estimate of drug-likeness (QED) is 0.460. The number of likely N-dealkylation sites (tertiary alicyclic amines) is 1. The third-order valence-corrected chi connectivity index (χ3v) is 8.54. The van der Waals surface area contributed by atoms with Crippen molar-refractivity contribution in [3.63, 3.8) is 0 Å². The van der Waals surface area contributed by atoms with Gasteiger partial charge in [0.2, 0.25) is 23.6 Å². The van der Waals surface area contributed by atoms with E-state index in [1.807, 2.05) is 48.5 Å². The Labute approximate surface area is 257 Å². The number of rotatable bonds is 6. The zero-order valence-electron chi connectivity index (χ0n) is 24.8. The van der Waals surface area contributed by atoms with Gasteiger partial charge in [-0.15, -0.1) is 0 Å². The molecular weight excluding hydrogens is 564 g/mol. The summed E-state index contributed by atoms with van der Waals surface area (Å²) in [6.07, 6.45) is 3.76. The van der Waals surface area contributed by atoms with E-state index in [2.05, 4.69) is 16.0 Å². The first-order chi connectivity index (χ1) is 21.4. The molecule has 0 spiro atoms. The second-order valence-corrected chi connectivity index (χ2v) is 12.1. The van der Waals surface area contributed by atoms with Crippen molar-refractivity contribution in [2.45, 2.75) is 75.8 Å². The van der Waals surface area contributed by atoms with Crippen LogP contribution in [0.5, 0.6) is 11.5 Å². The van der Waals surface area contributed by atoms with Gasteiger partial charge in [0.1, 0.15) is 29.6 Å². The van der Waals surface area contributed by atoms with E-state index in [1.54, 1.807) is 4.90 Å². The van der Waals surface area contributed by atoms with Crippen LogP contribution < -0.4 is 20.7 Å². The Morgan fingerprint density at radius 1 is 0.886 bits per heavy atom. The normalized spacial score (nSPS) is 25.1. The molecule has 4 bridgehead atoms. The third kappa shape index (κ3) is 7.75. The van der Waals surface area contributed by atoms with Crippen LogP contribution >= 0.6 is 0 Å². The van der Waals surface area contributed by atoms with E-state index in [-0.39, 0.29) is 31.1 Å². The molecule has 3 heterocycles. The number of hydrogen-bond acceptors (Lipinski definition) is 7. The Morgan fingerprint density at radius 2 is 1.59 bits per heavy atom. The average molecular weight is 605 g/mol. The first kappa shape index (κ1) is 30.1. The molecule has 3 aliphatic heterocycles. The summed E-state index contributed by atoms with van der Waals surface area (Å²) in [7, 11) is 0. The van der Waals surface area contributed by atoms with Gasteiger partial charge < -0.3 is 35.1 Å². The van der Waals surface area contributed by atoms with Crippen LogP contribution in [0.25, 0.3) is 0 Å². The van der Waals surface area contributed by atoms with Gasteiger partial charge in [-0.05, 0) is 67.0 Å². The van der Waals surface area contributed by atoms with E-state index >= 15 is 0 Å². The maximum Gasteiger partial charge on any atom is 0.243 e. The van der Waals surface area contributed by atoms with Crippen molar-refractivity contribution >= 4 is 23.6 Å². The molecule has 2 aromatic rings. The Balaban J connectivity index is 1.34. The number of fused-ring (bicyclic) bond motifs is 4. The van der Waals surface area contributed by atoms with E-state index in [0.717, 1.165) is 30.4 Å². The number of nitrogens with one attached hydrogen (secondary N) is 3. The summed E-state index contributed by atoms with van der Waals surface area (Å²) in [5.74, 6) is 0.285. The van der Waals surface area contributed by atoms with Crippen molar-refractivity contribution in [1.29, 1.82) is 0 Å². The molecule has 3 N–H and O–H groups in total. The third-order valence-electron chi connectivity index (χ3n) is 8.54. The predicted octanol–water partition coefficient (Wildman–Crippen LogP) is 2.22. The molecule has 1 unspecified atom stereocenters. The van der Waals surface area contributed by atoms with E-state index in [0.29, 0.717) is 56.6 Å². The SMILES string of the molecule is O=C1N[C@@H](CC2OCCCO2)C(=O)N[C@H](C(=O)NCC2CC2)Cc2cccc(c2)Oc2cccc(c2)CC1N1CCCC1=O. The topological polar surface area (TPSA) is 135 Å². The van der Waals surface area contributed by atoms with E-state index in [1.165, 1.54) is 0 Å². The van der Waals surface area contributed by atoms with Crippen LogP contribution in [0.15, 0.2) is 48.5 Å². The number of carbonyl (C=O) groups excluding carboxylic acids is 4. The summed E-state index contributed by atoms with van der Waals surface area (Å²) in [5.41, 5.74) is 1.63. The summed E-state index contributed by atoms with van der Waals surface area (Å²) in [6, 6.07) is 12.1. The lowest BCUT2D eigenvalue weighted by Crippen LogP contribution is -2.58. The molecular formula is C33H40N4O7. The minimum Gasteiger partial charge on any atom is -0.457 e. The predicted molar refractivity (Wildman–Crippen MR) is 160 cm³/mol. The van der Waals surface area contributed by atoms with Crippen molar-refractivity contribution in [3.8, 4) is 11.5 Å². The maximum atomic E-state index is 14.0.